The molecule has 0 aliphatic heterocycles. The van der Waals surface area contributed by atoms with Gasteiger partial charge in [-0.2, -0.15) is 8.75 Å². The Kier molecular flexibility index (Phi) is 2.39. The van der Waals surface area contributed by atoms with Gasteiger partial charge in [-0.1, -0.05) is 11.6 Å². The van der Waals surface area contributed by atoms with Crippen LogP contribution in [0.2, 0.25) is 4.34 Å². The zero-order chi connectivity index (χ0) is 9.26. The third-order valence-electron chi connectivity index (χ3n) is 1.39. The number of thiophene rings is 1. The van der Waals surface area contributed by atoms with Crippen LogP contribution >= 0.6 is 34.7 Å². The number of rotatable bonds is 2. The van der Waals surface area contributed by atoms with Crippen LogP contribution in [-0.4, -0.2) is 14.5 Å². The average molecular weight is 231 g/mol. The van der Waals surface area contributed by atoms with E-state index in [9.17, 15) is 4.79 Å². The molecule has 6 heteroatoms. The van der Waals surface area contributed by atoms with E-state index in [0.717, 1.165) is 11.7 Å². The van der Waals surface area contributed by atoms with E-state index >= 15 is 0 Å². The van der Waals surface area contributed by atoms with Gasteiger partial charge in [0, 0.05) is 0 Å². The van der Waals surface area contributed by atoms with Crippen LogP contribution in [0.4, 0.5) is 0 Å². The third kappa shape index (κ3) is 1.77. The molecule has 0 amide bonds. The number of ketones is 1. The molecule has 0 fully saturated rings. The Bertz CT molecular complexity index is 423. The zero-order valence-corrected chi connectivity index (χ0v) is 8.62. The predicted octanol–water partition coefficient (Wildman–Crippen LogP) is 2.48. The van der Waals surface area contributed by atoms with Gasteiger partial charge in [-0.15, -0.1) is 11.3 Å². The van der Waals surface area contributed by atoms with Gasteiger partial charge in [0.25, 0.3) is 0 Å². The fourth-order valence-electron chi connectivity index (χ4n) is 0.827. The van der Waals surface area contributed by atoms with Crippen LogP contribution in [0.15, 0.2) is 18.3 Å². The van der Waals surface area contributed by atoms with E-state index in [-0.39, 0.29) is 5.78 Å². The summed E-state index contributed by atoms with van der Waals surface area (Å²) in [5.74, 6) is -0.120. The number of carbonyl (C=O) groups is 1. The quantitative estimate of drug-likeness (QED) is 0.745. The Morgan fingerprint density at radius 2 is 2.31 bits per heavy atom. The van der Waals surface area contributed by atoms with E-state index in [1.165, 1.54) is 17.5 Å². The van der Waals surface area contributed by atoms with Crippen LogP contribution in [-0.2, 0) is 0 Å². The van der Waals surface area contributed by atoms with Crippen molar-refractivity contribution >= 4 is 40.4 Å². The van der Waals surface area contributed by atoms with E-state index in [1.54, 1.807) is 12.1 Å². The molecule has 0 atom stereocenters. The molecule has 3 nitrogen and oxygen atoms in total. The first-order valence-corrected chi connectivity index (χ1v) is 5.27. The van der Waals surface area contributed by atoms with Crippen molar-refractivity contribution in [3.8, 4) is 0 Å². The Morgan fingerprint density at radius 1 is 1.46 bits per heavy atom. The third-order valence-corrected chi connectivity index (χ3v) is 3.10. The minimum Gasteiger partial charge on any atom is -0.286 e. The standard InChI is InChI=1S/C7H3ClN2OS2/c8-6-2-1-5(12-6)7(11)4-3-9-13-10-4/h1-3H. The summed E-state index contributed by atoms with van der Waals surface area (Å²) in [6.45, 7) is 0. The monoisotopic (exact) mass is 230 g/mol. The zero-order valence-electron chi connectivity index (χ0n) is 6.23. The van der Waals surface area contributed by atoms with Crippen molar-refractivity contribution < 1.29 is 4.79 Å². The second-order valence-electron chi connectivity index (χ2n) is 2.23. The largest absolute Gasteiger partial charge is 0.286 e. The van der Waals surface area contributed by atoms with E-state index in [2.05, 4.69) is 8.75 Å². The van der Waals surface area contributed by atoms with Gasteiger partial charge in [0.15, 0.2) is 0 Å². The van der Waals surface area contributed by atoms with Crippen molar-refractivity contribution in [3.05, 3.63) is 33.2 Å². The fourth-order valence-corrected chi connectivity index (χ4v) is 2.23. The minimum atomic E-state index is -0.120. The molecule has 0 bridgehead atoms. The molecular formula is C7H3ClN2OS2. The van der Waals surface area contributed by atoms with Crippen molar-refractivity contribution in [1.82, 2.24) is 8.75 Å². The van der Waals surface area contributed by atoms with E-state index in [4.69, 9.17) is 11.6 Å². The molecule has 0 aromatic carbocycles. The van der Waals surface area contributed by atoms with E-state index in [1.807, 2.05) is 0 Å². The maximum Gasteiger partial charge on any atom is 0.224 e. The summed E-state index contributed by atoms with van der Waals surface area (Å²) in [6.07, 6.45) is 1.46. The lowest BCUT2D eigenvalue weighted by molar-refractivity contribution is 0.103. The van der Waals surface area contributed by atoms with Gasteiger partial charge in [0.05, 0.1) is 27.1 Å². The van der Waals surface area contributed by atoms with Crippen LogP contribution in [0.5, 0.6) is 0 Å². The average Bonchev–Trinajstić information content (AvgIpc) is 2.72. The highest BCUT2D eigenvalue weighted by atomic mass is 35.5. The van der Waals surface area contributed by atoms with Gasteiger partial charge in [0.1, 0.15) is 5.69 Å². The van der Waals surface area contributed by atoms with Crippen molar-refractivity contribution in [2.45, 2.75) is 0 Å². The minimum absolute atomic E-state index is 0.120. The van der Waals surface area contributed by atoms with Crippen molar-refractivity contribution in [2.24, 2.45) is 0 Å². The van der Waals surface area contributed by atoms with Crippen molar-refractivity contribution in [2.75, 3.05) is 0 Å². The van der Waals surface area contributed by atoms with Crippen LogP contribution in [0.3, 0.4) is 0 Å². The second kappa shape index (κ2) is 3.53. The topological polar surface area (TPSA) is 42.9 Å². The summed E-state index contributed by atoms with van der Waals surface area (Å²) < 4.78 is 8.21. The Hall–Kier alpha value is -0.780. The fraction of sp³-hybridized carbons (Fsp3) is 0. The number of carbonyl (C=O) groups excluding carboxylic acids is 1. The molecule has 0 spiro atoms. The molecule has 0 radical (unpaired) electrons. The molecule has 66 valence electrons. The molecule has 0 aliphatic rings. The lowest BCUT2D eigenvalue weighted by atomic mass is 10.2. The van der Waals surface area contributed by atoms with Crippen molar-refractivity contribution in [3.63, 3.8) is 0 Å². The summed E-state index contributed by atoms with van der Waals surface area (Å²) >= 11 is 7.97. The van der Waals surface area contributed by atoms with E-state index in [0.29, 0.717) is 14.9 Å². The summed E-state index contributed by atoms with van der Waals surface area (Å²) in [5.41, 5.74) is 0.378. The van der Waals surface area contributed by atoms with Gasteiger partial charge in [0.2, 0.25) is 5.78 Å². The molecule has 13 heavy (non-hydrogen) atoms. The highest BCUT2D eigenvalue weighted by Crippen LogP contribution is 2.23. The first-order valence-electron chi connectivity index (χ1n) is 3.35. The normalized spacial score (nSPS) is 10.2. The van der Waals surface area contributed by atoms with Gasteiger partial charge >= 0.3 is 0 Å². The number of halogens is 1. The molecule has 0 saturated carbocycles. The number of hydrogen-bond donors (Lipinski definition) is 0. The lowest BCUT2D eigenvalue weighted by Crippen LogP contribution is -1.97. The van der Waals surface area contributed by atoms with Crippen LogP contribution < -0.4 is 0 Å². The Labute approximate surface area is 87.3 Å². The Morgan fingerprint density at radius 3 is 2.85 bits per heavy atom. The summed E-state index contributed by atoms with van der Waals surface area (Å²) in [7, 11) is 0. The second-order valence-corrected chi connectivity index (χ2v) is 4.50. The smallest absolute Gasteiger partial charge is 0.224 e. The van der Waals surface area contributed by atoms with Gasteiger partial charge in [-0.05, 0) is 12.1 Å². The molecule has 0 unspecified atom stereocenters. The maximum atomic E-state index is 11.6. The number of nitrogens with zero attached hydrogens (tertiary/aromatic N) is 2. The van der Waals surface area contributed by atoms with Crippen LogP contribution in [0.1, 0.15) is 15.4 Å². The molecule has 2 aromatic rings. The van der Waals surface area contributed by atoms with Gasteiger partial charge < -0.3 is 0 Å². The summed E-state index contributed by atoms with van der Waals surface area (Å²) in [5, 5.41) is 0. The molecule has 2 aromatic heterocycles. The number of aromatic nitrogens is 2. The predicted molar refractivity (Wildman–Crippen MR) is 52.7 cm³/mol. The lowest BCUT2D eigenvalue weighted by Gasteiger charge is -1.88. The molecule has 0 N–H and O–H groups in total. The highest BCUT2D eigenvalue weighted by Gasteiger charge is 2.13. The van der Waals surface area contributed by atoms with E-state index < -0.39 is 0 Å². The summed E-state index contributed by atoms with van der Waals surface area (Å²) in [4.78, 5) is 12.2. The molecular weight excluding hydrogens is 228 g/mol. The maximum absolute atomic E-state index is 11.6. The van der Waals surface area contributed by atoms with Crippen LogP contribution in [0.25, 0.3) is 0 Å². The molecule has 0 saturated heterocycles. The van der Waals surface area contributed by atoms with Gasteiger partial charge in [-0.3, -0.25) is 4.79 Å². The first kappa shape index (κ1) is 8.80. The van der Waals surface area contributed by atoms with Gasteiger partial charge in [-0.25, -0.2) is 0 Å². The SMILES string of the molecule is O=C(c1cnsn1)c1ccc(Cl)s1. The first-order chi connectivity index (χ1) is 6.27. The highest BCUT2D eigenvalue weighted by molar-refractivity contribution is 7.18. The molecule has 2 heterocycles. The number of hydrogen-bond acceptors (Lipinski definition) is 5. The van der Waals surface area contributed by atoms with Crippen molar-refractivity contribution in [1.29, 1.82) is 0 Å². The molecule has 0 aliphatic carbocycles. The Balaban J connectivity index is 2.33. The summed E-state index contributed by atoms with van der Waals surface area (Å²) in [6, 6.07) is 3.38. The van der Waals surface area contributed by atoms with Crippen LogP contribution in [0, 0.1) is 0 Å². The molecule has 2 rings (SSSR count).